The third kappa shape index (κ3) is 5.79. The smallest absolute Gasteiger partial charge is 0.370 e. The van der Waals surface area contributed by atoms with E-state index in [1.165, 1.54) is 18.7 Å². The Morgan fingerprint density at radius 1 is 1.33 bits per heavy atom. The number of morpholine rings is 1. The number of amides is 2. The minimum Gasteiger partial charge on any atom is -0.370 e. The first-order chi connectivity index (χ1) is 17.0. The first kappa shape index (κ1) is 26.3. The Morgan fingerprint density at radius 2 is 2.11 bits per heavy atom. The number of fused-ring (bicyclic) bond motifs is 1. The first-order valence-electron chi connectivity index (χ1n) is 11.6. The van der Waals surface area contributed by atoms with Crippen molar-refractivity contribution >= 4 is 35.0 Å². The number of anilines is 2. The maximum absolute atomic E-state index is 13.1. The average molecular weight is 522 g/mol. The second-order valence-corrected chi connectivity index (χ2v) is 10.6. The van der Waals surface area contributed by atoms with Gasteiger partial charge in [-0.15, -0.1) is 0 Å². The lowest BCUT2D eigenvalue weighted by Crippen LogP contribution is -2.63. The number of thioether (sulfide) groups is 1. The van der Waals surface area contributed by atoms with E-state index in [-0.39, 0.29) is 17.2 Å². The summed E-state index contributed by atoms with van der Waals surface area (Å²) in [5.41, 5.74) is -0.266. The molecule has 11 heteroatoms. The SMILES string of the molecule is CC(=O)NC1(C2CN(CC(C)C)CCO2)Nc2c(cccc2C(=O)Nc2[c]ccc(C(F)(F)F)c2)S1. The highest BCUT2D eigenvalue weighted by atomic mass is 32.2. The summed E-state index contributed by atoms with van der Waals surface area (Å²) in [6.07, 6.45) is -4.96. The molecule has 0 aromatic heterocycles. The van der Waals surface area contributed by atoms with E-state index in [2.05, 4.69) is 40.8 Å². The van der Waals surface area contributed by atoms with Gasteiger partial charge < -0.3 is 20.7 Å². The molecule has 7 nitrogen and oxygen atoms in total. The van der Waals surface area contributed by atoms with Crippen molar-refractivity contribution in [3.8, 4) is 0 Å². The molecule has 2 aromatic carbocycles. The Bertz CT molecular complexity index is 1140. The lowest BCUT2D eigenvalue weighted by molar-refractivity contribution is -0.137. The Balaban J connectivity index is 1.60. The molecular formula is C25H28F3N4O3S. The predicted molar refractivity (Wildman–Crippen MR) is 132 cm³/mol. The van der Waals surface area contributed by atoms with Crippen molar-refractivity contribution in [1.29, 1.82) is 0 Å². The third-order valence-corrected chi connectivity index (χ3v) is 7.17. The highest BCUT2D eigenvalue weighted by Gasteiger charge is 2.49. The summed E-state index contributed by atoms with van der Waals surface area (Å²) in [6.45, 7) is 8.43. The lowest BCUT2D eigenvalue weighted by atomic mass is 10.1. The molecule has 4 rings (SSSR count). The number of hydrogen-bond acceptors (Lipinski definition) is 6. The topological polar surface area (TPSA) is 82.7 Å². The average Bonchev–Trinajstić information content (AvgIpc) is 3.17. The van der Waals surface area contributed by atoms with Crippen LogP contribution in [0.1, 0.15) is 36.7 Å². The quantitative estimate of drug-likeness (QED) is 0.522. The van der Waals surface area contributed by atoms with Crippen LogP contribution in [0.2, 0.25) is 0 Å². The fraction of sp³-hybridized carbons (Fsp3) is 0.440. The molecule has 2 heterocycles. The van der Waals surface area contributed by atoms with Gasteiger partial charge in [0, 0.05) is 43.2 Å². The fourth-order valence-corrected chi connectivity index (χ4v) is 5.78. The Hall–Kier alpha value is -2.76. The van der Waals surface area contributed by atoms with Crippen molar-refractivity contribution in [2.75, 3.05) is 36.9 Å². The summed E-state index contributed by atoms with van der Waals surface area (Å²) in [6, 6.07) is 10.6. The van der Waals surface area contributed by atoms with Crippen LogP contribution in [0, 0.1) is 12.0 Å². The van der Waals surface area contributed by atoms with Crippen molar-refractivity contribution in [1.82, 2.24) is 10.2 Å². The van der Waals surface area contributed by atoms with Gasteiger partial charge in [-0.1, -0.05) is 37.7 Å². The highest BCUT2D eigenvalue weighted by molar-refractivity contribution is 8.01. The molecular weight excluding hydrogens is 493 g/mol. The van der Waals surface area contributed by atoms with Crippen molar-refractivity contribution in [3.05, 3.63) is 53.6 Å². The number of nitrogens with one attached hydrogen (secondary N) is 3. The highest BCUT2D eigenvalue weighted by Crippen LogP contribution is 2.48. The normalized spacial score (nSPS) is 22.1. The molecule has 0 aliphatic carbocycles. The van der Waals surface area contributed by atoms with E-state index in [4.69, 9.17) is 4.74 Å². The van der Waals surface area contributed by atoms with Gasteiger partial charge in [0.25, 0.3) is 5.91 Å². The summed E-state index contributed by atoms with van der Waals surface area (Å²) in [4.78, 5) is 27.3. The van der Waals surface area contributed by atoms with Crippen LogP contribution >= 0.6 is 11.8 Å². The molecule has 2 aliphatic rings. The predicted octanol–water partition coefficient (Wildman–Crippen LogP) is 4.42. The Kier molecular flexibility index (Phi) is 7.53. The molecule has 0 spiro atoms. The molecule has 1 radical (unpaired) electrons. The first-order valence-corrected chi connectivity index (χ1v) is 12.4. The zero-order valence-electron chi connectivity index (χ0n) is 20.2. The van der Waals surface area contributed by atoms with Crippen LogP contribution in [0.5, 0.6) is 0 Å². The van der Waals surface area contributed by atoms with Crippen LogP contribution < -0.4 is 16.0 Å². The van der Waals surface area contributed by atoms with Crippen LogP contribution in [0.4, 0.5) is 24.5 Å². The minimum absolute atomic E-state index is 0.0915. The number of alkyl halides is 3. The zero-order chi connectivity index (χ0) is 26.1. The summed E-state index contributed by atoms with van der Waals surface area (Å²) in [5, 5.41) is 8.81. The standard InChI is InChI=1S/C25H28F3N4O3S/c1-15(2)13-32-10-11-35-21(14-32)25(30-16(3)33)31-22-19(8-5-9-20(22)36-25)23(34)29-18-7-4-6-17(12-18)24(26,27)28/h4-6,8-9,12,15,21,31H,10-11,13-14H2,1-3H3,(H,29,34)(H,30,33). The van der Waals surface area contributed by atoms with E-state index in [1.807, 2.05) is 6.07 Å². The zero-order valence-corrected chi connectivity index (χ0v) is 21.0. The van der Waals surface area contributed by atoms with Gasteiger partial charge >= 0.3 is 6.18 Å². The molecule has 1 saturated heterocycles. The number of nitrogens with zero attached hydrogens (tertiary/aromatic N) is 1. The molecule has 3 N–H and O–H groups in total. The van der Waals surface area contributed by atoms with Crippen LogP contribution in [0.25, 0.3) is 0 Å². The van der Waals surface area contributed by atoms with Gasteiger partial charge in [0.2, 0.25) is 5.91 Å². The van der Waals surface area contributed by atoms with Gasteiger partial charge in [-0.2, -0.15) is 13.2 Å². The van der Waals surface area contributed by atoms with E-state index in [0.717, 1.165) is 31.3 Å². The maximum atomic E-state index is 13.1. The molecule has 2 aromatic rings. The van der Waals surface area contributed by atoms with Crippen molar-refractivity contribution in [3.63, 3.8) is 0 Å². The van der Waals surface area contributed by atoms with Crippen molar-refractivity contribution in [2.45, 2.75) is 42.9 Å². The van der Waals surface area contributed by atoms with Gasteiger partial charge in [-0.25, -0.2) is 0 Å². The van der Waals surface area contributed by atoms with Crippen molar-refractivity contribution < 1.29 is 27.5 Å². The summed E-state index contributed by atoms with van der Waals surface area (Å²) >= 11 is 1.35. The Morgan fingerprint density at radius 3 is 2.81 bits per heavy atom. The molecule has 2 unspecified atom stereocenters. The van der Waals surface area contributed by atoms with Crippen LogP contribution in [-0.4, -0.2) is 54.1 Å². The Labute approximate surface area is 212 Å². The molecule has 1 fully saturated rings. The number of halogens is 3. The van der Waals surface area contributed by atoms with E-state index >= 15 is 0 Å². The summed E-state index contributed by atoms with van der Waals surface area (Å²) in [7, 11) is 0. The third-order valence-electron chi connectivity index (χ3n) is 5.82. The molecule has 2 amide bonds. The molecule has 36 heavy (non-hydrogen) atoms. The monoisotopic (exact) mass is 521 g/mol. The van der Waals surface area contributed by atoms with Gasteiger partial charge in [0.15, 0.2) is 4.99 Å². The number of para-hydroxylation sites is 1. The largest absolute Gasteiger partial charge is 0.416 e. The summed E-state index contributed by atoms with van der Waals surface area (Å²) < 4.78 is 45.3. The number of hydrogen-bond donors (Lipinski definition) is 3. The van der Waals surface area contributed by atoms with Crippen molar-refractivity contribution in [2.24, 2.45) is 5.92 Å². The van der Waals surface area contributed by atoms with E-state index in [0.29, 0.717) is 29.7 Å². The van der Waals surface area contributed by atoms with E-state index < -0.39 is 28.7 Å². The van der Waals surface area contributed by atoms with Crippen LogP contribution in [-0.2, 0) is 15.7 Å². The summed E-state index contributed by atoms with van der Waals surface area (Å²) in [5.74, 6) is -0.401. The van der Waals surface area contributed by atoms with E-state index in [9.17, 15) is 22.8 Å². The molecule has 2 atom stereocenters. The van der Waals surface area contributed by atoms with Gasteiger partial charge in [0.05, 0.1) is 23.4 Å². The number of carbonyl (C=O) groups excluding carboxylic acids is 2. The molecule has 2 aliphatic heterocycles. The molecule has 0 saturated carbocycles. The minimum atomic E-state index is -4.54. The second-order valence-electron chi connectivity index (χ2n) is 9.28. The fourth-order valence-electron chi connectivity index (χ4n) is 4.40. The number of rotatable bonds is 6. The van der Waals surface area contributed by atoms with Crippen LogP contribution in [0.15, 0.2) is 41.3 Å². The van der Waals surface area contributed by atoms with Gasteiger partial charge in [0.1, 0.15) is 6.10 Å². The second kappa shape index (κ2) is 10.3. The number of benzene rings is 2. The maximum Gasteiger partial charge on any atom is 0.416 e. The van der Waals surface area contributed by atoms with Gasteiger partial charge in [-0.3, -0.25) is 14.5 Å². The number of carbonyl (C=O) groups is 2. The van der Waals surface area contributed by atoms with Gasteiger partial charge in [-0.05, 0) is 30.2 Å². The lowest BCUT2D eigenvalue weighted by Gasteiger charge is -2.43. The number of ether oxygens (including phenoxy) is 1. The van der Waals surface area contributed by atoms with E-state index in [1.54, 1.807) is 12.1 Å². The van der Waals surface area contributed by atoms with Crippen LogP contribution in [0.3, 0.4) is 0 Å². The molecule has 193 valence electrons. The molecule has 0 bridgehead atoms.